The minimum Gasteiger partial charge on any atom is -1.00 e. The molecule has 4 atom stereocenters. The number of nitrogens with two attached hydrogens (primary N) is 1. The zero-order valence-electron chi connectivity index (χ0n) is 36.3. The smallest absolute Gasteiger partial charge is 1.00 e. The maximum Gasteiger partial charge on any atom is 1.00 e. The molecule has 16 nitrogen and oxygen atoms in total. The molecule has 0 aliphatic rings. The molecule has 0 aliphatic carbocycles. The Kier molecular flexibility index (Phi) is 38.5. The molecule has 0 aromatic carbocycles. The van der Waals surface area contributed by atoms with E-state index in [0.717, 1.165) is 0 Å². The van der Waals surface area contributed by atoms with Crippen LogP contribution in [0.15, 0.2) is 0 Å². The van der Waals surface area contributed by atoms with Gasteiger partial charge in [-0.3, -0.25) is 9.59 Å². The Hall–Kier alpha value is -3.24. The molecule has 0 bridgehead atoms. The second-order valence-corrected chi connectivity index (χ2v) is 13.8. The number of aliphatic hydroxyl groups excluding tert-OH is 2. The zero-order chi connectivity index (χ0) is 49.3. The first-order valence-corrected chi connectivity index (χ1v) is 17.9. The Morgan fingerprint density at radius 1 is 0.677 bits per heavy atom. The summed E-state index contributed by atoms with van der Waals surface area (Å²) in [5.41, 5.74) is 2.78. The first kappa shape index (κ1) is 73.3. The number of aliphatic hydroxyl groups is 2. The largest absolute Gasteiger partial charge is 1.00 e. The van der Waals surface area contributed by atoms with Crippen LogP contribution in [0.4, 0.5) is 52.7 Å². The van der Waals surface area contributed by atoms with Crippen LogP contribution in [0.1, 0.15) is 88.9 Å². The van der Waals surface area contributed by atoms with Gasteiger partial charge in [-0.25, -0.2) is 5.32 Å². The summed E-state index contributed by atoms with van der Waals surface area (Å²) >= 11 is 0. The number of nitrogens with zero attached hydrogens (tertiary/aromatic N) is 3. The van der Waals surface area contributed by atoms with E-state index in [1.807, 2.05) is 0 Å². The van der Waals surface area contributed by atoms with Crippen molar-refractivity contribution >= 4 is 17.5 Å². The second-order valence-electron chi connectivity index (χ2n) is 13.8. The van der Waals surface area contributed by atoms with Crippen LogP contribution in [0.25, 0.3) is 0 Å². The average Bonchev–Trinajstić information content (AvgIpc) is 3.12. The van der Waals surface area contributed by atoms with Crippen LogP contribution in [0, 0.1) is 39.7 Å². The summed E-state index contributed by atoms with van der Waals surface area (Å²) in [7, 11) is 2.47. The molecule has 0 aromatic heterocycles. The van der Waals surface area contributed by atoms with Gasteiger partial charge in [-0.2, -0.15) is 68.5 Å². The Bertz CT molecular complexity index is 1440. The van der Waals surface area contributed by atoms with Crippen molar-refractivity contribution in [3.8, 4) is 18.5 Å². The van der Waals surface area contributed by atoms with Crippen molar-refractivity contribution in [1.29, 1.82) is 21.2 Å². The molecule has 0 rings (SSSR count). The van der Waals surface area contributed by atoms with Crippen molar-refractivity contribution < 1.29 is 122 Å². The van der Waals surface area contributed by atoms with Crippen molar-refractivity contribution in [2.75, 3.05) is 34.0 Å². The van der Waals surface area contributed by atoms with E-state index < -0.39 is 97.4 Å². The topological polar surface area (TPSA) is 269 Å². The summed E-state index contributed by atoms with van der Waals surface area (Å²) < 4.78 is 168. The van der Waals surface area contributed by atoms with Gasteiger partial charge in [-0.1, -0.05) is 21.3 Å². The van der Waals surface area contributed by atoms with Gasteiger partial charge in [-0.05, 0) is 66.3 Å². The molecule has 378 valence electrons. The molecule has 65 heavy (non-hydrogen) atoms. The van der Waals surface area contributed by atoms with E-state index in [9.17, 15) is 72.5 Å². The molecule has 0 aromatic rings. The van der Waals surface area contributed by atoms with Gasteiger partial charge >= 0.3 is 54.3 Å². The number of amides is 2. The van der Waals surface area contributed by atoms with E-state index in [4.69, 9.17) is 36.4 Å². The van der Waals surface area contributed by atoms with Crippen LogP contribution in [0.2, 0.25) is 0 Å². The molecule has 0 fully saturated rings. The molecule has 29 heteroatoms. The van der Waals surface area contributed by atoms with Crippen molar-refractivity contribution in [3.63, 3.8) is 0 Å². The summed E-state index contributed by atoms with van der Waals surface area (Å²) in [5.74, 6) is -1.44. The fourth-order valence-electron chi connectivity index (χ4n) is 4.21. The molecule has 8 N–H and O–H groups in total. The number of methoxy groups -OCH3 is 2. The van der Waals surface area contributed by atoms with Crippen LogP contribution in [0.3, 0.4) is 0 Å². The first-order valence-electron chi connectivity index (χ1n) is 17.9. The predicted octanol–water partition coefficient (Wildman–Crippen LogP) is 2.69. The number of carbonyl (C=O) groups is 2. The number of hydrogen-bond acceptors (Lipinski definition) is 14. The number of hydrogen-bond donors (Lipinski definition) is 7. The monoisotopic (exact) mass is 984 g/mol. The van der Waals surface area contributed by atoms with Crippen LogP contribution in [-0.2, 0) is 28.5 Å². The molecule has 2 unspecified atom stereocenters. The Labute approximate surface area is 394 Å². The van der Waals surface area contributed by atoms with Gasteiger partial charge in [0.05, 0.1) is 50.0 Å². The number of halogens is 12. The molecule has 0 saturated heterocycles. The first-order chi connectivity index (χ1) is 28.1. The number of alkyl halides is 12. The fourth-order valence-corrected chi connectivity index (χ4v) is 4.21. The van der Waals surface area contributed by atoms with E-state index in [1.165, 1.54) is 54.3 Å². The van der Waals surface area contributed by atoms with Gasteiger partial charge < -0.3 is 52.4 Å². The van der Waals surface area contributed by atoms with Gasteiger partial charge in [0.25, 0.3) is 11.8 Å². The van der Waals surface area contributed by atoms with Crippen molar-refractivity contribution in [3.05, 3.63) is 0 Å². The molecule has 0 radical (unpaired) electrons. The Balaban J connectivity index is -0.000000183. The number of carbonyl (C=O) groups excluding carboxylic acids is 2. The summed E-state index contributed by atoms with van der Waals surface area (Å²) in [6, 6.07) is -0.592. The standard InChI is InChI=1S/C18H27F6N3O4.C14H24F6N2O4.C2HN3.2CH4.Na.H/c1-16(2,30-3)15(29)27-12(7-5-4-6-11(26)8-9-25)13(28)10-31-14(17(19,20)21)18(22,23)24;1-12(2,25-3)11(24)22-8(5-4-6-21)9(23)7-26-10(13(15,16)17)14(18,19)20;3-1-5-2-4;;;;/h12-14,26,28H,4-8,10H2,1-3H3,(H,27,29);8-10,23H,4-7,21H2,1-3H3,(H,22,24);5H;2*1H4;;/q;;;;;+1;-1/t12-,13?;8-,9?;;;;;/m00...../s1. The van der Waals surface area contributed by atoms with Gasteiger partial charge in [0, 0.05) is 19.9 Å². The number of unbranched alkanes of at least 4 members (excludes halogenated alkanes) is 1. The van der Waals surface area contributed by atoms with Crippen LogP contribution in [0.5, 0.6) is 0 Å². The second kappa shape index (κ2) is 34.1. The summed E-state index contributed by atoms with van der Waals surface area (Å²) in [6.07, 6.45) is -30.7. The van der Waals surface area contributed by atoms with Crippen molar-refractivity contribution in [2.24, 2.45) is 5.73 Å². The summed E-state index contributed by atoms with van der Waals surface area (Å²) in [4.78, 5) is 24.3. The predicted molar refractivity (Wildman–Crippen MR) is 205 cm³/mol. The van der Waals surface area contributed by atoms with Crippen LogP contribution >= 0.6 is 0 Å². The minimum atomic E-state index is -5.73. The fraction of sp³-hybridized carbons (Fsp3) is 0.833. The van der Waals surface area contributed by atoms with Gasteiger partial charge in [0.1, 0.15) is 11.2 Å². The normalized spacial score (nSPS) is 13.7. The molecule has 0 heterocycles. The minimum absolute atomic E-state index is 0. The quantitative estimate of drug-likeness (QED) is 0.0194. The zero-order valence-corrected chi connectivity index (χ0v) is 37.3. The van der Waals surface area contributed by atoms with E-state index in [0.29, 0.717) is 6.42 Å². The number of ether oxygens (including phenoxy) is 4. The van der Waals surface area contributed by atoms with Gasteiger partial charge in [0.2, 0.25) is 12.2 Å². The Morgan fingerprint density at radius 3 is 1.25 bits per heavy atom. The van der Waals surface area contributed by atoms with Crippen molar-refractivity contribution in [1.82, 2.24) is 16.0 Å². The third-order valence-electron chi connectivity index (χ3n) is 8.10. The maximum absolute atomic E-state index is 12.6. The number of nitrogens with one attached hydrogen (secondary N) is 4. The SMILES string of the molecule is C.C.COC(C)(C)C(=O)N[C@@H](CCCCC(=N)CC#N)C(O)COC(C(F)(F)F)C(F)(F)F.COC(C)(C)C(=O)N[C@@H](CCCN)C(O)COC(C(F)(F)F)C(F)(F)F.N#CNC#N.[H-].[Na+]. The number of nitriles is 3. The molecule has 0 saturated carbocycles. The third kappa shape index (κ3) is 32.2. The van der Waals surface area contributed by atoms with Crippen LogP contribution in [-0.4, -0.2) is 134 Å². The van der Waals surface area contributed by atoms with E-state index in [-0.39, 0.29) is 96.6 Å². The van der Waals surface area contributed by atoms with E-state index in [1.54, 1.807) is 11.4 Å². The molecule has 2 amide bonds. The molecular weight excluding hydrogens is 923 g/mol. The van der Waals surface area contributed by atoms with E-state index in [2.05, 4.69) is 20.1 Å². The summed E-state index contributed by atoms with van der Waals surface area (Å²) in [5, 5.41) is 57.5. The van der Waals surface area contributed by atoms with Crippen LogP contribution < -0.4 is 51.2 Å². The molecular formula is C36H61F12N8NaO8. The van der Waals surface area contributed by atoms with Gasteiger partial charge in [0.15, 0.2) is 12.4 Å². The Morgan fingerprint density at radius 2 is 1.00 bits per heavy atom. The number of rotatable bonds is 23. The third-order valence-corrected chi connectivity index (χ3v) is 8.10. The molecule has 0 spiro atoms. The van der Waals surface area contributed by atoms with Gasteiger partial charge in [-0.15, -0.1) is 0 Å². The maximum atomic E-state index is 12.6. The average molecular weight is 985 g/mol. The van der Waals surface area contributed by atoms with Crippen molar-refractivity contribution in [2.45, 2.75) is 160 Å². The van der Waals surface area contributed by atoms with E-state index >= 15 is 0 Å². The molecule has 0 aliphatic heterocycles. The summed E-state index contributed by atoms with van der Waals surface area (Å²) in [6.45, 7) is 3.09.